The predicted octanol–water partition coefficient (Wildman–Crippen LogP) is 2.73. The lowest BCUT2D eigenvalue weighted by Crippen LogP contribution is -2.36. The van der Waals surface area contributed by atoms with Gasteiger partial charge in [-0.1, -0.05) is 36.4 Å². The summed E-state index contributed by atoms with van der Waals surface area (Å²) < 4.78 is 11.2. The van der Waals surface area contributed by atoms with Gasteiger partial charge in [0, 0.05) is 32.7 Å². The molecule has 0 aliphatic carbocycles. The number of fused-ring (bicyclic) bond motifs is 1. The second kappa shape index (κ2) is 8.44. The molecule has 1 amide bonds. The zero-order valence-corrected chi connectivity index (χ0v) is 15.6. The highest BCUT2D eigenvalue weighted by Crippen LogP contribution is 2.31. The number of benzene rings is 2. The second-order valence-electron chi connectivity index (χ2n) is 7.15. The first-order valence-electron chi connectivity index (χ1n) is 9.70. The van der Waals surface area contributed by atoms with Crippen LogP contribution in [0, 0.1) is 0 Å². The van der Waals surface area contributed by atoms with Crippen molar-refractivity contribution >= 4 is 5.91 Å². The Morgan fingerprint density at radius 1 is 0.852 bits per heavy atom. The highest BCUT2D eigenvalue weighted by atomic mass is 16.6. The van der Waals surface area contributed by atoms with Crippen LogP contribution in [0.2, 0.25) is 0 Å². The Labute approximate surface area is 160 Å². The number of hydrogen-bond acceptors (Lipinski definition) is 4. The van der Waals surface area contributed by atoms with Crippen LogP contribution in [0.15, 0.2) is 48.5 Å². The lowest BCUT2D eigenvalue weighted by Gasteiger charge is -2.23. The maximum atomic E-state index is 12.8. The van der Waals surface area contributed by atoms with Gasteiger partial charge in [0.25, 0.3) is 0 Å². The molecule has 0 atom stereocenters. The van der Waals surface area contributed by atoms with Crippen LogP contribution in [0.4, 0.5) is 0 Å². The van der Waals surface area contributed by atoms with Gasteiger partial charge in [0.15, 0.2) is 11.5 Å². The van der Waals surface area contributed by atoms with Gasteiger partial charge in [0.2, 0.25) is 5.91 Å². The van der Waals surface area contributed by atoms with Gasteiger partial charge in [-0.05, 0) is 29.7 Å². The molecule has 0 saturated carbocycles. The summed E-state index contributed by atoms with van der Waals surface area (Å²) in [4.78, 5) is 17.2. The molecule has 2 aromatic carbocycles. The van der Waals surface area contributed by atoms with E-state index in [0.717, 1.165) is 56.2 Å². The van der Waals surface area contributed by atoms with E-state index in [2.05, 4.69) is 29.2 Å². The highest BCUT2D eigenvalue weighted by Gasteiger charge is 2.20. The zero-order chi connectivity index (χ0) is 18.5. The molecule has 1 fully saturated rings. The van der Waals surface area contributed by atoms with Gasteiger partial charge < -0.3 is 14.4 Å². The molecule has 0 bridgehead atoms. The van der Waals surface area contributed by atoms with E-state index in [9.17, 15) is 4.79 Å². The second-order valence-corrected chi connectivity index (χ2v) is 7.15. The first-order chi connectivity index (χ1) is 13.3. The number of carbonyl (C=O) groups is 1. The summed E-state index contributed by atoms with van der Waals surface area (Å²) in [7, 11) is 0. The van der Waals surface area contributed by atoms with Gasteiger partial charge >= 0.3 is 0 Å². The maximum absolute atomic E-state index is 12.8. The van der Waals surface area contributed by atoms with Crippen molar-refractivity contribution in [1.82, 2.24) is 9.80 Å². The number of nitrogens with zero attached hydrogens (tertiary/aromatic N) is 2. The molecule has 0 radical (unpaired) electrons. The minimum Gasteiger partial charge on any atom is -0.486 e. The van der Waals surface area contributed by atoms with Crippen LogP contribution in [0.5, 0.6) is 11.5 Å². The normalized spacial score (nSPS) is 17.4. The standard InChI is InChI=1S/C22H26N2O3/c25-22(16-19-7-8-20-21(15-19)27-14-13-26-20)24-10-4-9-23(11-12-24)17-18-5-2-1-3-6-18/h1-3,5-8,15H,4,9-14,16-17H2. The third-order valence-electron chi connectivity index (χ3n) is 5.15. The SMILES string of the molecule is O=C(Cc1ccc2c(c1)OCCO2)N1CCCN(Cc2ccccc2)CC1. The summed E-state index contributed by atoms with van der Waals surface area (Å²) in [6.07, 6.45) is 1.43. The van der Waals surface area contributed by atoms with Crippen LogP contribution >= 0.6 is 0 Å². The van der Waals surface area contributed by atoms with Crippen molar-refractivity contribution in [3.05, 3.63) is 59.7 Å². The third kappa shape index (κ3) is 4.61. The summed E-state index contributed by atoms with van der Waals surface area (Å²) in [6.45, 7) is 5.66. The Balaban J connectivity index is 1.33. The Hall–Kier alpha value is -2.53. The van der Waals surface area contributed by atoms with Crippen molar-refractivity contribution < 1.29 is 14.3 Å². The van der Waals surface area contributed by atoms with Gasteiger partial charge in [-0.25, -0.2) is 0 Å². The molecule has 5 heteroatoms. The van der Waals surface area contributed by atoms with Crippen molar-refractivity contribution in [2.75, 3.05) is 39.4 Å². The molecule has 2 aliphatic heterocycles. The Morgan fingerprint density at radius 2 is 1.67 bits per heavy atom. The van der Waals surface area contributed by atoms with Crippen LogP contribution in [-0.2, 0) is 17.8 Å². The van der Waals surface area contributed by atoms with Crippen molar-refractivity contribution in [1.29, 1.82) is 0 Å². The molecular formula is C22H26N2O3. The van der Waals surface area contributed by atoms with E-state index in [1.807, 2.05) is 29.2 Å². The van der Waals surface area contributed by atoms with Crippen molar-refractivity contribution in [3.8, 4) is 11.5 Å². The van der Waals surface area contributed by atoms with E-state index in [0.29, 0.717) is 19.6 Å². The van der Waals surface area contributed by atoms with E-state index < -0.39 is 0 Å². The smallest absolute Gasteiger partial charge is 0.227 e. The number of carbonyl (C=O) groups excluding carboxylic acids is 1. The Morgan fingerprint density at radius 3 is 2.52 bits per heavy atom. The molecule has 142 valence electrons. The lowest BCUT2D eigenvalue weighted by molar-refractivity contribution is -0.130. The molecule has 0 aromatic heterocycles. The molecule has 2 aromatic rings. The van der Waals surface area contributed by atoms with E-state index in [1.54, 1.807) is 0 Å². The largest absolute Gasteiger partial charge is 0.486 e. The summed E-state index contributed by atoms with van der Waals surface area (Å²) in [5.41, 5.74) is 2.31. The third-order valence-corrected chi connectivity index (χ3v) is 5.15. The average Bonchev–Trinajstić information content (AvgIpc) is 2.94. The molecule has 2 aliphatic rings. The molecule has 0 spiro atoms. The summed E-state index contributed by atoms with van der Waals surface area (Å²) in [5, 5.41) is 0. The van der Waals surface area contributed by atoms with Gasteiger partial charge in [0.05, 0.1) is 6.42 Å². The lowest BCUT2D eigenvalue weighted by atomic mass is 10.1. The van der Waals surface area contributed by atoms with Gasteiger partial charge in [0.1, 0.15) is 13.2 Å². The molecule has 0 unspecified atom stereocenters. The van der Waals surface area contributed by atoms with Crippen LogP contribution in [-0.4, -0.2) is 55.1 Å². The molecular weight excluding hydrogens is 340 g/mol. The monoisotopic (exact) mass is 366 g/mol. The van der Waals surface area contributed by atoms with Gasteiger partial charge in [-0.2, -0.15) is 0 Å². The first-order valence-corrected chi connectivity index (χ1v) is 9.70. The minimum atomic E-state index is 0.188. The Bertz CT molecular complexity index is 778. The molecule has 0 N–H and O–H groups in total. The fourth-order valence-electron chi connectivity index (χ4n) is 3.70. The van der Waals surface area contributed by atoms with Crippen LogP contribution < -0.4 is 9.47 Å². The predicted molar refractivity (Wildman–Crippen MR) is 104 cm³/mol. The molecule has 2 heterocycles. The summed E-state index contributed by atoms with van der Waals surface area (Å²) in [5.74, 6) is 1.70. The molecule has 1 saturated heterocycles. The maximum Gasteiger partial charge on any atom is 0.227 e. The number of rotatable bonds is 4. The molecule has 4 rings (SSSR count). The topological polar surface area (TPSA) is 42.0 Å². The molecule has 5 nitrogen and oxygen atoms in total. The van der Waals surface area contributed by atoms with Crippen LogP contribution in [0.1, 0.15) is 17.5 Å². The quantitative estimate of drug-likeness (QED) is 0.834. The van der Waals surface area contributed by atoms with Crippen molar-refractivity contribution in [2.24, 2.45) is 0 Å². The van der Waals surface area contributed by atoms with E-state index in [1.165, 1.54) is 5.56 Å². The van der Waals surface area contributed by atoms with E-state index in [4.69, 9.17) is 9.47 Å². The summed E-state index contributed by atoms with van der Waals surface area (Å²) >= 11 is 0. The van der Waals surface area contributed by atoms with Crippen molar-refractivity contribution in [2.45, 2.75) is 19.4 Å². The van der Waals surface area contributed by atoms with Crippen molar-refractivity contribution in [3.63, 3.8) is 0 Å². The van der Waals surface area contributed by atoms with E-state index >= 15 is 0 Å². The van der Waals surface area contributed by atoms with E-state index in [-0.39, 0.29) is 5.91 Å². The zero-order valence-electron chi connectivity index (χ0n) is 15.6. The summed E-state index contributed by atoms with van der Waals surface area (Å²) in [6, 6.07) is 16.3. The van der Waals surface area contributed by atoms with Gasteiger partial charge in [-0.3, -0.25) is 9.69 Å². The first kappa shape index (κ1) is 17.9. The van der Waals surface area contributed by atoms with Crippen LogP contribution in [0.25, 0.3) is 0 Å². The fraction of sp³-hybridized carbons (Fsp3) is 0.409. The average molecular weight is 366 g/mol. The highest BCUT2D eigenvalue weighted by molar-refractivity contribution is 5.79. The number of ether oxygens (including phenoxy) is 2. The Kier molecular flexibility index (Phi) is 5.58. The number of hydrogen-bond donors (Lipinski definition) is 0. The minimum absolute atomic E-state index is 0.188. The molecule has 27 heavy (non-hydrogen) atoms. The fourth-order valence-corrected chi connectivity index (χ4v) is 3.70. The number of amides is 1. The van der Waals surface area contributed by atoms with Crippen LogP contribution in [0.3, 0.4) is 0 Å². The van der Waals surface area contributed by atoms with Gasteiger partial charge in [-0.15, -0.1) is 0 Å².